The molecule has 2 heterocycles. The van der Waals surface area contributed by atoms with E-state index in [1.807, 2.05) is 17.7 Å². The van der Waals surface area contributed by atoms with Crippen LogP contribution in [-0.2, 0) is 13.7 Å². The van der Waals surface area contributed by atoms with Gasteiger partial charge in [0, 0.05) is 24.3 Å². The number of fused-ring (bicyclic) bond motifs is 1. The Morgan fingerprint density at radius 3 is 3.08 bits per heavy atom. The standard InChI is InChI=1S/C8H9N3O/c1-11-7(4-12)2-6-3-9-5-10-8(6)11/h2-3,5,12H,4H2,1H3. The molecule has 2 aromatic rings. The molecular weight excluding hydrogens is 154 g/mol. The highest BCUT2D eigenvalue weighted by Gasteiger charge is 2.04. The second kappa shape index (κ2) is 2.57. The van der Waals surface area contributed by atoms with E-state index in [0.717, 1.165) is 16.7 Å². The van der Waals surface area contributed by atoms with Crippen molar-refractivity contribution < 1.29 is 5.11 Å². The number of rotatable bonds is 1. The minimum absolute atomic E-state index is 0.0346. The normalized spacial score (nSPS) is 10.8. The summed E-state index contributed by atoms with van der Waals surface area (Å²) in [7, 11) is 1.88. The molecule has 4 heteroatoms. The van der Waals surface area contributed by atoms with Crippen molar-refractivity contribution in [1.82, 2.24) is 14.5 Å². The van der Waals surface area contributed by atoms with E-state index < -0.39 is 0 Å². The number of aryl methyl sites for hydroxylation is 1. The summed E-state index contributed by atoms with van der Waals surface area (Å²) in [5, 5.41) is 9.91. The highest BCUT2D eigenvalue weighted by atomic mass is 16.3. The summed E-state index contributed by atoms with van der Waals surface area (Å²) in [6.07, 6.45) is 3.24. The third-order valence-electron chi connectivity index (χ3n) is 1.95. The second-order valence-corrected chi connectivity index (χ2v) is 2.65. The van der Waals surface area contributed by atoms with Gasteiger partial charge < -0.3 is 9.67 Å². The van der Waals surface area contributed by atoms with E-state index in [4.69, 9.17) is 5.11 Å². The predicted molar refractivity (Wildman–Crippen MR) is 44.4 cm³/mol. The molecule has 12 heavy (non-hydrogen) atoms. The van der Waals surface area contributed by atoms with Crippen LogP contribution in [0.15, 0.2) is 18.6 Å². The van der Waals surface area contributed by atoms with Crippen molar-refractivity contribution in [1.29, 1.82) is 0 Å². The van der Waals surface area contributed by atoms with Gasteiger partial charge in [0.1, 0.15) is 12.0 Å². The first-order valence-electron chi connectivity index (χ1n) is 3.68. The lowest BCUT2D eigenvalue weighted by atomic mass is 10.4. The summed E-state index contributed by atoms with van der Waals surface area (Å²) in [6.45, 7) is 0.0346. The molecule has 0 spiro atoms. The molecular formula is C8H9N3O. The van der Waals surface area contributed by atoms with Crippen LogP contribution in [0.1, 0.15) is 5.69 Å². The average molecular weight is 163 g/mol. The quantitative estimate of drug-likeness (QED) is 0.664. The molecule has 0 amide bonds. The zero-order valence-electron chi connectivity index (χ0n) is 6.73. The second-order valence-electron chi connectivity index (χ2n) is 2.65. The highest BCUT2D eigenvalue weighted by Crippen LogP contribution is 2.14. The maximum absolute atomic E-state index is 8.95. The van der Waals surface area contributed by atoms with Gasteiger partial charge in [-0.3, -0.25) is 0 Å². The van der Waals surface area contributed by atoms with Crippen LogP contribution in [-0.4, -0.2) is 19.6 Å². The first-order chi connectivity index (χ1) is 5.83. The Balaban J connectivity index is 2.78. The van der Waals surface area contributed by atoms with E-state index in [1.54, 1.807) is 6.20 Å². The first kappa shape index (κ1) is 7.24. The Morgan fingerprint density at radius 1 is 1.58 bits per heavy atom. The Labute approximate surface area is 69.5 Å². The molecule has 0 aromatic carbocycles. The van der Waals surface area contributed by atoms with Gasteiger partial charge in [-0.15, -0.1) is 0 Å². The Morgan fingerprint density at radius 2 is 2.42 bits per heavy atom. The van der Waals surface area contributed by atoms with E-state index in [2.05, 4.69) is 9.97 Å². The molecule has 0 fully saturated rings. The van der Waals surface area contributed by atoms with Gasteiger partial charge in [0.15, 0.2) is 0 Å². The smallest absolute Gasteiger partial charge is 0.143 e. The molecule has 0 atom stereocenters. The molecule has 0 saturated carbocycles. The Bertz CT molecular complexity index is 408. The van der Waals surface area contributed by atoms with Crippen LogP contribution in [0.2, 0.25) is 0 Å². The molecule has 0 aliphatic heterocycles. The van der Waals surface area contributed by atoms with Gasteiger partial charge in [-0.25, -0.2) is 9.97 Å². The summed E-state index contributed by atoms with van der Waals surface area (Å²) < 4.78 is 1.86. The SMILES string of the molecule is Cn1c(CO)cc2cncnc21. The van der Waals surface area contributed by atoms with Crippen molar-refractivity contribution in [3.63, 3.8) is 0 Å². The molecule has 0 radical (unpaired) electrons. The Hall–Kier alpha value is -1.42. The first-order valence-corrected chi connectivity index (χ1v) is 3.68. The van der Waals surface area contributed by atoms with Gasteiger partial charge in [-0.05, 0) is 6.07 Å². The van der Waals surface area contributed by atoms with Crippen LogP contribution in [0.4, 0.5) is 0 Å². The number of aliphatic hydroxyl groups excluding tert-OH is 1. The van der Waals surface area contributed by atoms with Crippen LogP contribution in [0.3, 0.4) is 0 Å². The predicted octanol–water partition coefficient (Wildman–Crippen LogP) is 0.461. The summed E-state index contributed by atoms with van der Waals surface area (Å²) in [6, 6.07) is 1.88. The zero-order chi connectivity index (χ0) is 8.55. The maximum Gasteiger partial charge on any atom is 0.143 e. The van der Waals surface area contributed by atoms with Gasteiger partial charge >= 0.3 is 0 Å². The van der Waals surface area contributed by atoms with Crippen LogP contribution in [0.25, 0.3) is 11.0 Å². The van der Waals surface area contributed by atoms with Crippen molar-refractivity contribution in [2.75, 3.05) is 0 Å². The molecule has 0 aliphatic carbocycles. The monoisotopic (exact) mass is 163 g/mol. The minimum Gasteiger partial charge on any atom is -0.390 e. The van der Waals surface area contributed by atoms with Crippen molar-refractivity contribution in [3.05, 3.63) is 24.3 Å². The van der Waals surface area contributed by atoms with E-state index in [0.29, 0.717) is 0 Å². The highest BCUT2D eigenvalue weighted by molar-refractivity contribution is 5.76. The van der Waals surface area contributed by atoms with Crippen LogP contribution < -0.4 is 0 Å². The van der Waals surface area contributed by atoms with E-state index in [-0.39, 0.29) is 6.61 Å². The molecule has 1 N–H and O–H groups in total. The lowest BCUT2D eigenvalue weighted by Gasteiger charge is -1.97. The topological polar surface area (TPSA) is 50.9 Å². The number of aliphatic hydroxyl groups is 1. The van der Waals surface area contributed by atoms with Crippen LogP contribution in [0.5, 0.6) is 0 Å². The molecule has 62 valence electrons. The van der Waals surface area contributed by atoms with Crippen LogP contribution >= 0.6 is 0 Å². The number of aromatic nitrogens is 3. The summed E-state index contributed by atoms with van der Waals surface area (Å²) in [4.78, 5) is 7.99. The molecule has 2 aromatic heterocycles. The molecule has 0 aliphatic rings. The van der Waals surface area contributed by atoms with Crippen molar-refractivity contribution in [2.24, 2.45) is 7.05 Å². The van der Waals surface area contributed by atoms with Gasteiger partial charge in [-0.2, -0.15) is 0 Å². The summed E-state index contributed by atoms with van der Waals surface area (Å²) in [5.74, 6) is 0. The van der Waals surface area contributed by atoms with Crippen LogP contribution in [0, 0.1) is 0 Å². The lowest BCUT2D eigenvalue weighted by molar-refractivity contribution is 0.273. The third kappa shape index (κ3) is 0.887. The van der Waals surface area contributed by atoms with Crippen molar-refractivity contribution >= 4 is 11.0 Å². The molecule has 4 nitrogen and oxygen atoms in total. The fourth-order valence-electron chi connectivity index (χ4n) is 1.28. The number of nitrogens with zero attached hydrogens (tertiary/aromatic N) is 3. The van der Waals surface area contributed by atoms with E-state index in [1.165, 1.54) is 6.33 Å². The summed E-state index contributed by atoms with van der Waals surface area (Å²) >= 11 is 0. The lowest BCUT2D eigenvalue weighted by Crippen LogP contribution is -1.96. The fourth-order valence-corrected chi connectivity index (χ4v) is 1.28. The Kier molecular flexibility index (Phi) is 1.55. The van der Waals surface area contributed by atoms with Gasteiger partial charge in [0.25, 0.3) is 0 Å². The maximum atomic E-state index is 8.95. The summed E-state index contributed by atoms with van der Waals surface area (Å²) in [5.41, 5.74) is 1.71. The fraction of sp³-hybridized carbons (Fsp3) is 0.250. The number of hydrogen-bond donors (Lipinski definition) is 1. The largest absolute Gasteiger partial charge is 0.390 e. The van der Waals surface area contributed by atoms with Gasteiger partial charge in [-0.1, -0.05) is 0 Å². The molecule has 0 saturated heterocycles. The zero-order valence-corrected chi connectivity index (χ0v) is 6.73. The average Bonchev–Trinajstić information content (AvgIpc) is 2.44. The molecule has 2 rings (SSSR count). The van der Waals surface area contributed by atoms with E-state index in [9.17, 15) is 0 Å². The van der Waals surface area contributed by atoms with Gasteiger partial charge in [0.2, 0.25) is 0 Å². The van der Waals surface area contributed by atoms with Crippen molar-refractivity contribution in [3.8, 4) is 0 Å². The van der Waals surface area contributed by atoms with E-state index >= 15 is 0 Å². The molecule has 0 bridgehead atoms. The number of hydrogen-bond acceptors (Lipinski definition) is 3. The molecule has 0 unspecified atom stereocenters. The van der Waals surface area contributed by atoms with Crippen molar-refractivity contribution in [2.45, 2.75) is 6.61 Å². The minimum atomic E-state index is 0.0346. The van der Waals surface area contributed by atoms with Gasteiger partial charge in [0.05, 0.1) is 6.61 Å². The third-order valence-corrected chi connectivity index (χ3v) is 1.95.